The van der Waals surface area contributed by atoms with E-state index in [1.807, 2.05) is 38.1 Å². The molecule has 0 saturated heterocycles. The zero-order valence-corrected chi connectivity index (χ0v) is 18.5. The molecule has 0 aromatic heterocycles. The van der Waals surface area contributed by atoms with Crippen LogP contribution in [0.5, 0.6) is 17.2 Å². The van der Waals surface area contributed by atoms with Crippen LogP contribution >= 0.6 is 0 Å². The molecule has 1 aliphatic rings. The number of ether oxygens (including phenoxy) is 3. The van der Waals surface area contributed by atoms with E-state index < -0.39 is 0 Å². The van der Waals surface area contributed by atoms with Crippen LogP contribution in [0, 0.1) is 0 Å². The van der Waals surface area contributed by atoms with Crippen LogP contribution in [-0.4, -0.2) is 32.5 Å². The van der Waals surface area contributed by atoms with E-state index in [0.717, 1.165) is 42.9 Å². The summed E-state index contributed by atoms with van der Waals surface area (Å²) in [5.41, 5.74) is 2.38. The van der Waals surface area contributed by atoms with Crippen molar-refractivity contribution in [3.63, 3.8) is 0 Å². The quantitative estimate of drug-likeness (QED) is 0.576. The van der Waals surface area contributed by atoms with Crippen molar-refractivity contribution >= 4 is 0 Å². The molecule has 0 spiro atoms. The smallest absolute Gasteiger partial charge is 0.126 e. The maximum absolute atomic E-state index is 9.10. The van der Waals surface area contributed by atoms with Gasteiger partial charge in [0.1, 0.15) is 17.2 Å². The van der Waals surface area contributed by atoms with E-state index in [1.165, 1.54) is 11.1 Å². The highest BCUT2D eigenvalue weighted by Gasteiger charge is 2.42. The van der Waals surface area contributed by atoms with Gasteiger partial charge in [0, 0.05) is 24.0 Å². The largest absolute Gasteiger partial charge is 0.497 e. The normalized spacial score (nSPS) is 20.0. The molecule has 4 heteroatoms. The summed E-state index contributed by atoms with van der Waals surface area (Å²) in [7, 11) is 3.37. The van der Waals surface area contributed by atoms with Crippen LogP contribution < -0.4 is 14.2 Å². The monoisotopic (exact) mass is 400 g/mol. The Balaban J connectivity index is 0.00000145. The van der Waals surface area contributed by atoms with Crippen LogP contribution in [0.1, 0.15) is 63.5 Å². The third-order valence-corrected chi connectivity index (χ3v) is 5.79. The van der Waals surface area contributed by atoms with Gasteiger partial charge in [0.25, 0.3) is 0 Å². The second-order valence-corrected chi connectivity index (χ2v) is 7.46. The first-order chi connectivity index (χ1) is 14.1. The summed E-state index contributed by atoms with van der Waals surface area (Å²) in [5.74, 6) is 2.95. The van der Waals surface area contributed by atoms with E-state index in [9.17, 15) is 0 Å². The van der Waals surface area contributed by atoms with Crippen LogP contribution in [0.4, 0.5) is 0 Å². The molecule has 0 amide bonds. The molecular weight excluding hydrogens is 364 g/mol. The van der Waals surface area contributed by atoms with E-state index >= 15 is 0 Å². The molecule has 3 rings (SSSR count). The topological polar surface area (TPSA) is 47.9 Å². The first-order valence-corrected chi connectivity index (χ1v) is 10.7. The maximum atomic E-state index is 9.10. The van der Waals surface area contributed by atoms with E-state index in [1.54, 1.807) is 14.2 Å². The lowest BCUT2D eigenvalue weighted by Gasteiger charge is -2.43. The van der Waals surface area contributed by atoms with Gasteiger partial charge in [0.15, 0.2) is 0 Å². The van der Waals surface area contributed by atoms with E-state index in [4.69, 9.17) is 19.3 Å². The molecule has 1 aliphatic heterocycles. The fourth-order valence-electron chi connectivity index (χ4n) is 4.09. The predicted molar refractivity (Wildman–Crippen MR) is 118 cm³/mol. The van der Waals surface area contributed by atoms with E-state index in [2.05, 4.69) is 25.1 Å². The van der Waals surface area contributed by atoms with Crippen molar-refractivity contribution in [2.75, 3.05) is 27.4 Å². The lowest BCUT2D eigenvalue weighted by molar-refractivity contribution is 0.161. The Labute approximate surface area is 175 Å². The Kier molecular flexibility index (Phi) is 8.84. The Morgan fingerprint density at radius 2 is 1.62 bits per heavy atom. The Morgan fingerprint density at radius 3 is 2.24 bits per heavy atom. The minimum atomic E-state index is -0.118. The number of fused-ring (bicyclic) bond motifs is 1. The van der Waals surface area contributed by atoms with E-state index in [0.29, 0.717) is 12.5 Å². The number of aliphatic hydroxyl groups excluding tert-OH is 1. The predicted octanol–water partition coefficient (Wildman–Crippen LogP) is 5.72. The number of methoxy groups -OCH3 is 2. The number of hydrogen-bond donors (Lipinski definition) is 1. The summed E-state index contributed by atoms with van der Waals surface area (Å²) in [5, 5.41) is 9.10. The maximum Gasteiger partial charge on any atom is 0.126 e. The Hall–Kier alpha value is -2.20. The van der Waals surface area contributed by atoms with Crippen LogP contribution in [0.2, 0.25) is 0 Å². The van der Waals surface area contributed by atoms with Gasteiger partial charge in [-0.2, -0.15) is 0 Å². The zero-order chi connectivity index (χ0) is 21.3. The molecule has 2 unspecified atom stereocenters. The average molecular weight is 401 g/mol. The van der Waals surface area contributed by atoms with Gasteiger partial charge in [-0.1, -0.05) is 51.8 Å². The molecule has 29 heavy (non-hydrogen) atoms. The fraction of sp³-hybridized carbons (Fsp3) is 0.520. The molecule has 0 saturated carbocycles. The van der Waals surface area contributed by atoms with Gasteiger partial charge < -0.3 is 19.3 Å². The van der Waals surface area contributed by atoms with E-state index in [-0.39, 0.29) is 12.0 Å². The molecule has 2 atom stereocenters. The van der Waals surface area contributed by atoms with Crippen LogP contribution in [0.15, 0.2) is 42.5 Å². The third-order valence-electron chi connectivity index (χ3n) is 5.79. The van der Waals surface area contributed by atoms with Crippen LogP contribution in [0.25, 0.3) is 0 Å². The Morgan fingerprint density at radius 1 is 0.966 bits per heavy atom. The number of hydrogen-bond acceptors (Lipinski definition) is 4. The average Bonchev–Trinajstić information content (AvgIpc) is 2.79. The second-order valence-electron chi connectivity index (χ2n) is 7.46. The van der Waals surface area contributed by atoms with Crippen molar-refractivity contribution in [2.24, 2.45) is 0 Å². The molecule has 160 valence electrons. The molecule has 0 radical (unpaired) electrons. The summed E-state index contributed by atoms with van der Waals surface area (Å²) in [6, 6.07) is 14.5. The highest BCUT2D eigenvalue weighted by Crippen LogP contribution is 2.49. The van der Waals surface area contributed by atoms with Crippen molar-refractivity contribution in [3.05, 3.63) is 53.6 Å². The number of aliphatic hydroxyl groups is 1. The standard InChI is InChI=1S/C23H30O4.C2H6/c1-23(17-8-10-18(25-2)11-9-17)16-27-22-15-19(26-3)12-13-20(22)21(23)7-5-4-6-14-24;1-2/h8-13,15,21,24H,4-7,14,16H2,1-3H3;1-2H3. The van der Waals surface area contributed by atoms with Crippen molar-refractivity contribution < 1.29 is 19.3 Å². The molecule has 1 heterocycles. The minimum absolute atomic E-state index is 0.118. The summed E-state index contributed by atoms with van der Waals surface area (Å²) < 4.78 is 16.9. The summed E-state index contributed by atoms with van der Waals surface area (Å²) in [6.45, 7) is 7.18. The van der Waals surface area contributed by atoms with Crippen molar-refractivity contribution in [1.82, 2.24) is 0 Å². The summed E-state index contributed by atoms with van der Waals surface area (Å²) in [6.07, 6.45) is 4.05. The Bertz CT molecular complexity index is 741. The minimum Gasteiger partial charge on any atom is -0.497 e. The fourth-order valence-corrected chi connectivity index (χ4v) is 4.09. The van der Waals surface area contributed by atoms with Gasteiger partial charge in [0.2, 0.25) is 0 Å². The summed E-state index contributed by atoms with van der Waals surface area (Å²) >= 11 is 0. The number of rotatable bonds is 8. The lowest BCUT2D eigenvalue weighted by Crippen LogP contribution is -2.40. The summed E-state index contributed by atoms with van der Waals surface area (Å²) in [4.78, 5) is 0. The van der Waals surface area contributed by atoms with Gasteiger partial charge in [0.05, 0.1) is 20.8 Å². The second kappa shape index (κ2) is 11.1. The molecule has 2 aromatic rings. The highest BCUT2D eigenvalue weighted by molar-refractivity contribution is 5.48. The molecule has 0 aliphatic carbocycles. The number of unbranched alkanes of at least 4 members (excludes halogenated alkanes) is 2. The van der Waals surface area contributed by atoms with Gasteiger partial charge >= 0.3 is 0 Å². The molecule has 4 nitrogen and oxygen atoms in total. The van der Waals surface area contributed by atoms with Gasteiger partial charge in [-0.25, -0.2) is 0 Å². The van der Waals surface area contributed by atoms with Crippen molar-refractivity contribution in [1.29, 1.82) is 0 Å². The highest BCUT2D eigenvalue weighted by atomic mass is 16.5. The zero-order valence-electron chi connectivity index (χ0n) is 18.5. The molecule has 2 aromatic carbocycles. The third kappa shape index (κ3) is 5.24. The van der Waals surface area contributed by atoms with Crippen LogP contribution in [0.3, 0.4) is 0 Å². The van der Waals surface area contributed by atoms with Gasteiger partial charge in [-0.05, 0) is 42.2 Å². The molecule has 0 fully saturated rings. The molecule has 0 bridgehead atoms. The molecule has 1 N–H and O–H groups in total. The SMILES string of the molecule is CC.COc1ccc(C2(C)COc3cc(OC)ccc3C2CCCCCO)cc1. The van der Waals surface area contributed by atoms with Crippen molar-refractivity contribution in [3.8, 4) is 17.2 Å². The molecular formula is C25H36O4. The first-order valence-electron chi connectivity index (χ1n) is 10.7. The first kappa shape index (κ1) is 23.1. The van der Waals surface area contributed by atoms with Gasteiger partial charge in [-0.15, -0.1) is 0 Å². The van der Waals surface area contributed by atoms with Gasteiger partial charge in [-0.3, -0.25) is 0 Å². The number of benzene rings is 2. The van der Waals surface area contributed by atoms with Crippen molar-refractivity contribution in [2.45, 2.75) is 57.8 Å². The van der Waals surface area contributed by atoms with Crippen LogP contribution in [-0.2, 0) is 5.41 Å². The lowest BCUT2D eigenvalue weighted by atomic mass is 9.66.